The summed E-state index contributed by atoms with van der Waals surface area (Å²) in [6.45, 7) is 0. The van der Waals surface area contributed by atoms with Gasteiger partial charge in [0.25, 0.3) is 5.69 Å². The van der Waals surface area contributed by atoms with Gasteiger partial charge in [-0.3, -0.25) is 14.9 Å². The zero-order chi connectivity index (χ0) is 20.6. The number of nitro benzene ring substituents is 1. The number of nitro groups is 1. The van der Waals surface area contributed by atoms with E-state index in [1.807, 2.05) is 0 Å². The van der Waals surface area contributed by atoms with Crippen LogP contribution in [0.4, 0.5) is 18.9 Å². The van der Waals surface area contributed by atoms with Crippen molar-refractivity contribution in [1.82, 2.24) is 4.40 Å². The minimum absolute atomic E-state index is 0.146. The van der Waals surface area contributed by atoms with Gasteiger partial charge >= 0.3 is 12.1 Å². The van der Waals surface area contributed by atoms with Crippen LogP contribution in [0.5, 0.6) is 0 Å². The van der Waals surface area contributed by atoms with Crippen LogP contribution in [0, 0.1) is 10.1 Å². The number of non-ortho nitro benzene ring substituents is 1. The van der Waals surface area contributed by atoms with Gasteiger partial charge in [0.15, 0.2) is 0 Å². The molecule has 3 rings (SSSR count). The Balaban J connectivity index is 2.32. The number of alkyl halides is 3. The number of nitrogens with zero attached hydrogens (tertiary/aromatic N) is 2. The smallest absolute Gasteiger partial charge is 0.419 e. The Kier molecular flexibility index (Phi) is 4.63. The van der Waals surface area contributed by atoms with E-state index >= 15 is 0 Å². The summed E-state index contributed by atoms with van der Waals surface area (Å²) in [5, 5.41) is 10.7. The first-order valence-corrected chi connectivity index (χ1v) is 7.74. The van der Waals surface area contributed by atoms with Crippen molar-refractivity contribution >= 4 is 23.0 Å². The molecule has 28 heavy (non-hydrogen) atoms. The number of carbonyl (C=O) groups excluding carboxylic acids is 2. The highest BCUT2D eigenvalue weighted by Gasteiger charge is 2.44. The summed E-state index contributed by atoms with van der Waals surface area (Å²) in [4.78, 5) is 35.0. The topological polar surface area (TPSA) is 90.9 Å². The molecule has 0 radical (unpaired) electrons. The fraction of sp³-hybridized carbons (Fsp3) is 0.111. The average molecular weight is 392 g/mol. The zero-order valence-corrected chi connectivity index (χ0v) is 14.2. The van der Waals surface area contributed by atoms with Crippen LogP contribution in [0.3, 0.4) is 0 Å². The van der Waals surface area contributed by atoms with E-state index in [-0.39, 0.29) is 16.8 Å². The predicted molar refractivity (Wildman–Crippen MR) is 90.3 cm³/mol. The van der Waals surface area contributed by atoms with Crippen LogP contribution in [0.2, 0.25) is 0 Å². The minimum atomic E-state index is -5.03. The molecule has 2 heterocycles. The van der Waals surface area contributed by atoms with Crippen molar-refractivity contribution in [3.8, 4) is 0 Å². The fourth-order valence-electron chi connectivity index (χ4n) is 2.89. The van der Waals surface area contributed by atoms with Crippen LogP contribution in [-0.2, 0) is 10.9 Å². The molecule has 0 fully saturated rings. The van der Waals surface area contributed by atoms with Crippen molar-refractivity contribution in [2.45, 2.75) is 6.18 Å². The number of esters is 1. The number of ketones is 1. The summed E-state index contributed by atoms with van der Waals surface area (Å²) >= 11 is 0. The lowest BCUT2D eigenvalue weighted by Crippen LogP contribution is -2.17. The van der Waals surface area contributed by atoms with Gasteiger partial charge in [-0.25, -0.2) is 4.79 Å². The van der Waals surface area contributed by atoms with Gasteiger partial charge in [0, 0.05) is 23.9 Å². The lowest BCUT2D eigenvalue weighted by molar-refractivity contribution is -0.384. The van der Waals surface area contributed by atoms with E-state index in [0.717, 1.165) is 35.8 Å². The number of halogens is 3. The number of hydrogen-bond acceptors (Lipinski definition) is 5. The number of benzene rings is 1. The van der Waals surface area contributed by atoms with Gasteiger partial charge in [-0.15, -0.1) is 0 Å². The van der Waals surface area contributed by atoms with Crippen LogP contribution in [-0.4, -0.2) is 28.2 Å². The Hall–Kier alpha value is -3.69. The van der Waals surface area contributed by atoms with Gasteiger partial charge in [0.05, 0.1) is 23.1 Å². The second-order valence-corrected chi connectivity index (χ2v) is 5.68. The quantitative estimate of drug-likeness (QED) is 0.291. The molecule has 0 saturated carbocycles. The van der Waals surface area contributed by atoms with Crippen molar-refractivity contribution < 1.29 is 32.4 Å². The largest absolute Gasteiger partial charge is 0.465 e. The van der Waals surface area contributed by atoms with Crippen LogP contribution in [0.25, 0.3) is 5.52 Å². The monoisotopic (exact) mass is 392 g/mol. The Morgan fingerprint density at radius 1 is 1.11 bits per heavy atom. The average Bonchev–Trinajstić information content (AvgIpc) is 3.02. The third kappa shape index (κ3) is 3.08. The fourth-order valence-corrected chi connectivity index (χ4v) is 2.89. The Bertz CT molecular complexity index is 1100. The van der Waals surface area contributed by atoms with Crippen molar-refractivity contribution in [3.05, 3.63) is 81.2 Å². The molecule has 3 aromatic rings. The SMILES string of the molecule is COC(=O)c1c(C(F)(F)F)c(C(=O)c2ccc([N+](=O)[O-])cc2)n2ccccc12. The van der Waals surface area contributed by atoms with Crippen molar-refractivity contribution in [3.63, 3.8) is 0 Å². The third-order valence-electron chi connectivity index (χ3n) is 4.07. The third-order valence-corrected chi connectivity index (χ3v) is 4.07. The Morgan fingerprint density at radius 3 is 2.29 bits per heavy atom. The van der Waals surface area contributed by atoms with Crippen LogP contribution >= 0.6 is 0 Å². The summed E-state index contributed by atoms with van der Waals surface area (Å²) in [7, 11) is 0.937. The minimum Gasteiger partial charge on any atom is -0.465 e. The number of ether oxygens (including phenoxy) is 1. The van der Waals surface area contributed by atoms with Crippen LogP contribution < -0.4 is 0 Å². The van der Waals surface area contributed by atoms with Gasteiger partial charge in [-0.2, -0.15) is 13.2 Å². The van der Waals surface area contributed by atoms with Crippen molar-refractivity contribution in [2.75, 3.05) is 7.11 Å². The second kappa shape index (κ2) is 6.80. The summed E-state index contributed by atoms with van der Waals surface area (Å²) in [6.07, 6.45) is -3.81. The standard InChI is InChI=1S/C18H11F3N2O5/c1-28-17(25)13-12-4-2-3-9-22(12)15(14(13)18(19,20)21)16(24)10-5-7-11(8-6-10)23(26)27/h2-9H,1H3. The highest BCUT2D eigenvalue weighted by atomic mass is 19.4. The van der Waals surface area contributed by atoms with Crippen LogP contribution in [0.15, 0.2) is 48.7 Å². The maximum Gasteiger partial charge on any atom is 0.419 e. The molecule has 0 bridgehead atoms. The number of rotatable bonds is 4. The molecule has 10 heteroatoms. The normalized spacial score (nSPS) is 11.4. The van der Waals surface area contributed by atoms with Gasteiger partial charge in [0.1, 0.15) is 11.3 Å². The molecule has 0 saturated heterocycles. The molecule has 0 unspecified atom stereocenters. The van der Waals surface area contributed by atoms with E-state index in [2.05, 4.69) is 4.74 Å². The molecule has 0 spiro atoms. The second-order valence-electron chi connectivity index (χ2n) is 5.68. The molecular weight excluding hydrogens is 381 g/mol. The summed E-state index contributed by atoms with van der Waals surface area (Å²) < 4.78 is 46.9. The Labute approximate surface area is 155 Å². The molecule has 0 atom stereocenters. The van der Waals surface area contributed by atoms with E-state index in [0.29, 0.717) is 0 Å². The van der Waals surface area contributed by atoms with Crippen LogP contribution in [0.1, 0.15) is 32.0 Å². The molecule has 7 nitrogen and oxygen atoms in total. The maximum absolute atomic E-state index is 13.8. The van der Waals surface area contributed by atoms with Gasteiger partial charge < -0.3 is 9.14 Å². The molecule has 144 valence electrons. The number of aromatic nitrogens is 1. The highest BCUT2D eigenvalue weighted by molar-refractivity contribution is 6.13. The molecule has 1 aromatic carbocycles. The first kappa shape index (κ1) is 19.1. The van der Waals surface area contributed by atoms with E-state index in [4.69, 9.17) is 0 Å². The molecular formula is C18H11F3N2O5. The summed E-state index contributed by atoms with van der Waals surface area (Å²) in [5.74, 6) is -2.28. The predicted octanol–water partition coefficient (Wildman–Crippen LogP) is 3.88. The van der Waals surface area contributed by atoms with E-state index in [1.165, 1.54) is 24.4 Å². The number of carbonyl (C=O) groups is 2. The van der Waals surface area contributed by atoms with Crippen molar-refractivity contribution in [2.24, 2.45) is 0 Å². The van der Waals surface area contributed by atoms with E-state index in [1.54, 1.807) is 0 Å². The number of fused-ring (bicyclic) bond motifs is 1. The first-order valence-electron chi connectivity index (χ1n) is 7.74. The van der Waals surface area contributed by atoms with E-state index < -0.39 is 39.7 Å². The summed E-state index contributed by atoms with van der Waals surface area (Å²) in [5.41, 5.74) is -3.64. The van der Waals surface area contributed by atoms with Gasteiger partial charge in [-0.05, 0) is 24.3 Å². The highest BCUT2D eigenvalue weighted by Crippen LogP contribution is 2.39. The van der Waals surface area contributed by atoms with Gasteiger partial charge in [-0.1, -0.05) is 6.07 Å². The van der Waals surface area contributed by atoms with Crippen molar-refractivity contribution in [1.29, 1.82) is 0 Å². The number of hydrogen-bond donors (Lipinski definition) is 0. The summed E-state index contributed by atoms with van der Waals surface area (Å²) in [6, 6.07) is 8.22. The molecule has 2 aromatic heterocycles. The lowest BCUT2D eigenvalue weighted by atomic mass is 10.0. The Morgan fingerprint density at radius 2 is 1.75 bits per heavy atom. The lowest BCUT2D eigenvalue weighted by Gasteiger charge is -2.10. The maximum atomic E-state index is 13.8. The zero-order valence-electron chi connectivity index (χ0n) is 14.2. The van der Waals surface area contributed by atoms with E-state index in [9.17, 15) is 32.9 Å². The molecule has 0 aliphatic carbocycles. The molecule has 0 aliphatic rings. The first-order chi connectivity index (χ1) is 13.2. The molecule has 0 aliphatic heterocycles. The number of pyridine rings is 1. The number of methoxy groups -OCH3 is 1. The molecule has 0 N–H and O–H groups in total. The molecule has 0 amide bonds. The van der Waals surface area contributed by atoms with Gasteiger partial charge in [0.2, 0.25) is 5.78 Å².